The number of ketones is 1. The molecule has 2 atom stereocenters. The Kier molecular flexibility index (Phi) is 2.10. The van der Waals surface area contributed by atoms with E-state index in [-0.39, 0.29) is 11.5 Å². The fraction of sp³-hybridized carbons (Fsp3) is 0.375. The van der Waals surface area contributed by atoms with Crippen LogP contribution < -0.4 is 0 Å². The average Bonchev–Trinajstić information content (AvgIpc) is 1.94. The summed E-state index contributed by atoms with van der Waals surface area (Å²) in [5, 5.41) is 18.2. The lowest BCUT2D eigenvalue weighted by Crippen LogP contribution is -2.28. The topological polar surface area (TPSA) is 57.5 Å². The van der Waals surface area contributed by atoms with E-state index in [2.05, 4.69) is 0 Å². The van der Waals surface area contributed by atoms with Crippen LogP contribution in [0.15, 0.2) is 24.0 Å². The lowest BCUT2D eigenvalue weighted by molar-refractivity contribution is -0.122. The quantitative estimate of drug-likeness (QED) is 0.580. The normalized spacial score (nSPS) is 29.8. The summed E-state index contributed by atoms with van der Waals surface area (Å²) in [6.07, 6.45) is 3.46. The smallest absolute Gasteiger partial charge is 0.139 e. The van der Waals surface area contributed by atoms with Gasteiger partial charge in [0.1, 0.15) is 17.6 Å². The zero-order chi connectivity index (χ0) is 8.43. The second-order valence-corrected chi connectivity index (χ2v) is 2.56. The summed E-state index contributed by atoms with van der Waals surface area (Å²) >= 11 is 0. The van der Waals surface area contributed by atoms with Gasteiger partial charge in [0.25, 0.3) is 0 Å². The van der Waals surface area contributed by atoms with Crippen LogP contribution in [0.1, 0.15) is 6.92 Å². The van der Waals surface area contributed by atoms with Gasteiger partial charge < -0.3 is 10.2 Å². The molecule has 1 aliphatic rings. The minimum atomic E-state index is -1.06. The Bertz CT molecular complexity index is 227. The molecule has 0 aromatic carbocycles. The molecule has 0 saturated heterocycles. The minimum Gasteiger partial charge on any atom is -0.510 e. The molecule has 2 N–H and O–H groups in total. The molecule has 1 aliphatic carbocycles. The highest BCUT2D eigenvalue weighted by atomic mass is 16.3. The van der Waals surface area contributed by atoms with Crippen molar-refractivity contribution >= 4 is 5.78 Å². The number of aliphatic hydroxyl groups excluding tert-OH is 2. The third-order valence-electron chi connectivity index (χ3n) is 1.70. The van der Waals surface area contributed by atoms with Gasteiger partial charge in [-0.25, -0.2) is 0 Å². The molecule has 0 bridgehead atoms. The first-order valence-corrected chi connectivity index (χ1v) is 3.39. The molecule has 0 radical (unpaired) electrons. The Hall–Kier alpha value is -1.09. The number of carbonyl (C=O) groups excluding carboxylic acids is 1. The Morgan fingerprint density at radius 2 is 2.27 bits per heavy atom. The van der Waals surface area contributed by atoms with Gasteiger partial charge in [-0.05, 0) is 13.0 Å². The van der Waals surface area contributed by atoms with Crippen LogP contribution in [0.25, 0.3) is 0 Å². The van der Waals surface area contributed by atoms with Gasteiger partial charge >= 0.3 is 0 Å². The van der Waals surface area contributed by atoms with Gasteiger partial charge in [-0.15, -0.1) is 0 Å². The first kappa shape index (κ1) is 8.01. The zero-order valence-corrected chi connectivity index (χ0v) is 6.19. The SMILES string of the molecule is CC(=O)C1C=CC=C(O)C1O. The Balaban J connectivity index is 2.81. The van der Waals surface area contributed by atoms with Crippen molar-refractivity contribution in [1.82, 2.24) is 0 Å². The second-order valence-electron chi connectivity index (χ2n) is 2.56. The van der Waals surface area contributed by atoms with Crippen LogP contribution in [-0.4, -0.2) is 22.1 Å². The molecule has 11 heavy (non-hydrogen) atoms. The van der Waals surface area contributed by atoms with E-state index in [4.69, 9.17) is 5.11 Å². The van der Waals surface area contributed by atoms with E-state index in [1.807, 2.05) is 0 Å². The van der Waals surface area contributed by atoms with Crippen LogP contribution in [0, 0.1) is 5.92 Å². The molecule has 0 fully saturated rings. The Morgan fingerprint density at radius 1 is 1.64 bits per heavy atom. The maximum Gasteiger partial charge on any atom is 0.139 e. The van der Waals surface area contributed by atoms with E-state index in [1.54, 1.807) is 12.2 Å². The summed E-state index contributed by atoms with van der Waals surface area (Å²) in [7, 11) is 0. The highest BCUT2D eigenvalue weighted by Gasteiger charge is 2.25. The summed E-state index contributed by atoms with van der Waals surface area (Å²) in [6.45, 7) is 1.39. The van der Waals surface area contributed by atoms with E-state index in [0.29, 0.717) is 0 Å². The van der Waals surface area contributed by atoms with Crippen molar-refractivity contribution in [3.05, 3.63) is 24.0 Å². The molecule has 0 aliphatic heterocycles. The summed E-state index contributed by atoms with van der Waals surface area (Å²) in [6, 6.07) is 0. The van der Waals surface area contributed by atoms with E-state index in [0.717, 1.165) is 0 Å². The first-order valence-electron chi connectivity index (χ1n) is 3.39. The number of allylic oxidation sites excluding steroid dienone is 2. The van der Waals surface area contributed by atoms with Crippen molar-refractivity contribution in [2.75, 3.05) is 0 Å². The molecule has 1 rings (SSSR count). The highest BCUT2D eigenvalue weighted by Crippen LogP contribution is 2.17. The van der Waals surface area contributed by atoms with Crippen LogP contribution in [-0.2, 0) is 4.79 Å². The molecule has 3 nitrogen and oxygen atoms in total. The van der Waals surface area contributed by atoms with Crippen molar-refractivity contribution in [2.24, 2.45) is 5.92 Å². The maximum absolute atomic E-state index is 10.8. The van der Waals surface area contributed by atoms with E-state index in [1.165, 1.54) is 13.0 Å². The van der Waals surface area contributed by atoms with Gasteiger partial charge in [0, 0.05) is 0 Å². The number of hydrogen-bond acceptors (Lipinski definition) is 3. The lowest BCUT2D eigenvalue weighted by Gasteiger charge is -2.18. The molecular formula is C8H10O3. The molecule has 0 spiro atoms. The molecule has 0 aromatic heterocycles. The number of carbonyl (C=O) groups is 1. The number of aliphatic hydroxyl groups is 2. The predicted octanol–water partition coefficient (Wildman–Crippen LogP) is 0.564. The van der Waals surface area contributed by atoms with Gasteiger partial charge in [0.15, 0.2) is 0 Å². The van der Waals surface area contributed by atoms with Gasteiger partial charge in [-0.3, -0.25) is 4.79 Å². The van der Waals surface area contributed by atoms with E-state index < -0.39 is 12.0 Å². The van der Waals surface area contributed by atoms with E-state index >= 15 is 0 Å². The number of hydrogen-bond donors (Lipinski definition) is 2. The molecule has 0 amide bonds. The van der Waals surface area contributed by atoms with Crippen molar-refractivity contribution in [1.29, 1.82) is 0 Å². The maximum atomic E-state index is 10.8. The largest absolute Gasteiger partial charge is 0.510 e. The third kappa shape index (κ3) is 1.49. The lowest BCUT2D eigenvalue weighted by atomic mass is 9.93. The van der Waals surface area contributed by atoms with Crippen LogP contribution in [0.5, 0.6) is 0 Å². The Labute approximate surface area is 64.7 Å². The number of rotatable bonds is 1. The van der Waals surface area contributed by atoms with Crippen LogP contribution in [0.2, 0.25) is 0 Å². The fourth-order valence-electron chi connectivity index (χ4n) is 1.02. The second kappa shape index (κ2) is 2.88. The molecule has 0 heterocycles. The van der Waals surface area contributed by atoms with Crippen LogP contribution in [0.3, 0.4) is 0 Å². The van der Waals surface area contributed by atoms with Crippen molar-refractivity contribution < 1.29 is 15.0 Å². The van der Waals surface area contributed by atoms with Crippen LogP contribution in [0.4, 0.5) is 0 Å². The van der Waals surface area contributed by atoms with Gasteiger partial charge in [0.05, 0.1) is 5.92 Å². The molecule has 3 heteroatoms. The summed E-state index contributed by atoms with van der Waals surface area (Å²) in [5.74, 6) is -0.874. The summed E-state index contributed by atoms with van der Waals surface area (Å²) in [5.41, 5.74) is 0. The molecule has 0 saturated carbocycles. The van der Waals surface area contributed by atoms with Crippen LogP contribution >= 0.6 is 0 Å². The Morgan fingerprint density at radius 3 is 2.73 bits per heavy atom. The monoisotopic (exact) mass is 154 g/mol. The van der Waals surface area contributed by atoms with E-state index in [9.17, 15) is 9.90 Å². The van der Waals surface area contributed by atoms with Crippen molar-refractivity contribution in [3.63, 3.8) is 0 Å². The molecule has 60 valence electrons. The minimum absolute atomic E-state index is 0.145. The molecule has 0 aromatic rings. The van der Waals surface area contributed by atoms with Gasteiger partial charge in [0.2, 0.25) is 0 Å². The van der Waals surface area contributed by atoms with Gasteiger partial charge in [-0.2, -0.15) is 0 Å². The van der Waals surface area contributed by atoms with Crippen molar-refractivity contribution in [3.8, 4) is 0 Å². The third-order valence-corrected chi connectivity index (χ3v) is 1.70. The van der Waals surface area contributed by atoms with Gasteiger partial charge in [-0.1, -0.05) is 12.2 Å². The summed E-state index contributed by atoms with van der Waals surface area (Å²) in [4.78, 5) is 10.8. The molecular weight excluding hydrogens is 144 g/mol. The highest BCUT2D eigenvalue weighted by molar-refractivity contribution is 5.81. The fourth-order valence-corrected chi connectivity index (χ4v) is 1.02. The first-order chi connectivity index (χ1) is 5.13. The zero-order valence-electron chi connectivity index (χ0n) is 6.19. The standard InChI is InChI=1S/C8H10O3/c1-5(9)6-3-2-4-7(10)8(6)11/h2-4,6,8,10-11H,1H3. The van der Waals surface area contributed by atoms with Crippen molar-refractivity contribution in [2.45, 2.75) is 13.0 Å². The summed E-state index contributed by atoms with van der Waals surface area (Å²) < 4.78 is 0. The average molecular weight is 154 g/mol. The molecule has 2 unspecified atom stereocenters. The number of Topliss-reactive ketones (excluding diaryl/α,β-unsaturated/α-hetero) is 1. The predicted molar refractivity (Wildman–Crippen MR) is 40.0 cm³/mol.